The predicted octanol–water partition coefficient (Wildman–Crippen LogP) is 4.25. The summed E-state index contributed by atoms with van der Waals surface area (Å²) < 4.78 is 26.5. The first-order valence-corrected chi connectivity index (χ1v) is 5.62. The van der Waals surface area contributed by atoms with Gasteiger partial charge in [-0.2, -0.15) is 0 Å². The van der Waals surface area contributed by atoms with E-state index in [9.17, 15) is 8.78 Å². The number of rotatable bonds is 2. The van der Waals surface area contributed by atoms with Gasteiger partial charge in [-0.05, 0) is 36.8 Å². The molecule has 0 spiro atoms. The van der Waals surface area contributed by atoms with Crippen LogP contribution in [0.25, 0.3) is 0 Å². The highest BCUT2D eigenvalue weighted by molar-refractivity contribution is 6.33. The van der Waals surface area contributed by atoms with E-state index in [1.54, 1.807) is 18.2 Å². The van der Waals surface area contributed by atoms with Crippen LogP contribution in [-0.2, 0) is 0 Å². The molecule has 0 unspecified atom stereocenters. The third-order valence-corrected chi connectivity index (χ3v) is 2.67. The van der Waals surface area contributed by atoms with E-state index in [1.165, 1.54) is 0 Å². The Bertz CT molecular complexity index is 556. The zero-order valence-corrected chi connectivity index (χ0v) is 10.4. The normalized spacial score (nSPS) is 10.4. The summed E-state index contributed by atoms with van der Waals surface area (Å²) in [7, 11) is 0. The molecule has 0 heterocycles. The minimum absolute atomic E-state index is 0.0208. The Morgan fingerprint density at radius 3 is 2.44 bits per heavy atom. The second-order valence-electron chi connectivity index (χ2n) is 4.00. The molecule has 94 valence electrons. The molecule has 0 aliphatic heterocycles. The van der Waals surface area contributed by atoms with E-state index in [4.69, 9.17) is 17.3 Å². The number of anilines is 3. The van der Waals surface area contributed by atoms with Crippen molar-refractivity contribution >= 4 is 28.7 Å². The zero-order valence-electron chi connectivity index (χ0n) is 9.60. The van der Waals surface area contributed by atoms with Crippen molar-refractivity contribution < 1.29 is 8.78 Å². The Hall–Kier alpha value is -1.81. The van der Waals surface area contributed by atoms with Crippen molar-refractivity contribution in [3.63, 3.8) is 0 Å². The van der Waals surface area contributed by atoms with Crippen LogP contribution in [0.1, 0.15) is 5.56 Å². The maximum atomic E-state index is 13.6. The van der Waals surface area contributed by atoms with Crippen LogP contribution in [0.3, 0.4) is 0 Å². The van der Waals surface area contributed by atoms with E-state index in [1.807, 2.05) is 6.92 Å². The van der Waals surface area contributed by atoms with Crippen molar-refractivity contribution in [2.75, 3.05) is 11.1 Å². The van der Waals surface area contributed by atoms with Crippen LogP contribution >= 0.6 is 11.6 Å². The van der Waals surface area contributed by atoms with Gasteiger partial charge < -0.3 is 11.1 Å². The summed E-state index contributed by atoms with van der Waals surface area (Å²) in [6.45, 7) is 1.87. The molecule has 0 bridgehead atoms. The minimum atomic E-state index is -0.750. The summed E-state index contributed by atoms with van der Waals surface area (Å²) in [5.41, 5.74) is 7.79. The molecule has 0 aliphatic carbocycles. The van der Waals surface area contributed by atoms with E-state index < -0.39 is 11.6 Å². The summed E-state index contributed by atoms with van der Waals surface area (Å²) >= 11 is 5.79. The lowest BCUT2D eigenvalue weighted by molar-refractivity contribution is 0.586. The van der Waals surface area contributed by atoms with Crippen molar-refractivity contribution in [3.05, 3.63) is 52.6 Å². The SMILES string of the molecule is Cc1cc(N)cc(Nc2c(F)cc(F)cc2Cl)c1. The number of aryl methyl sites for hydroxylation is 1. The summed E-state index contributed by atoms with van der Waals surface area (Å²) in [5.74, 6) is -1.47. The Morgan fingerprint density at radius 1 is 1.11 bits per heavy atom. The number of nitrogen functional groups attached to an aromatic ring is 1. The lowest BCUT2D eigenvalue weighted by Gasteiger charge is -2.11. The molecule has 2 aromatic rings. The van der Waals surface area contributed by atoms with E-state index in [0.29, 0.717) is 11.4 Å². The fourth-order valence-electron chi connectivity index (χ4n) is 1.69. The van der Waals surface area contributed by atoms with Crippen LogP contribution in [-0.4, -0.2) is 0 Å². The molecule has 0 aliphatic rings. The number of halogens is 3. The van der Waals surface area contributed by atoms with Crippen LogP contribution in [0.2, 0.25) is 5.02 Å². The monoisotopic (exact) mass is 268 g/mol. The van der Waals surface area contributed by atoms with Gasteiger partial charge in [0.25, 0.3) is 0 Å². The van der Waals surface area contributed by atoms with E-state index in [2.05, 4.69) is 5.32 Å². The summed E-state index contributed by atoms with van der Waals surface area (Å²) in [4.78, 5) is 0. The number of benzene rings is 2. The minimum Gasteiger partial charge on any atom is -0.399 e. The van der Waals surface area contributed by atoms with Crippen molar-refractivity contribution in [1.82, 2.24) is 0 Å². The summed E-state index contributed by atoms with van der Waals surface area (Å²) in [5, 5.41) is 2.77. The average Bonchev–Trinajstić information content (AvgIpc) is 2.22. The van der Waals surface area contributed by atoms with Crippen LogP contribution in [0, 0.1) is 18.6 Å². The van der Waals surface area contributed by atoms with Gasteiger partial charge in [0, 0.05) is 17.4 Å². The van der Waals surface area contributed by atoms with Crippen molar-refractivity contribution in [2.45, 2.75) is 6.92 Å². The van der Waals surface area contributed by atoms with Crippen molar-refractivity contribution in [3.8, 4) is 0 Å². The Balaban J connectivity index is 2.40. The zero-order chi connectivity index (χ0) is 13.3. The molecular weight excluding hydrogens is 258 g/mol. The van der Waals surface area contributed by atoms with Gasteiger partial charge in [0.15, 0.2) is 5.82 Å². The smallest absolute Gasteiger partial charge is 0.151 e. The molecule has 0 saturated heterocycles. The van der Waals surface area contributed by atoms with Gasteiger partial charge in [-0.3, -0.25) is 0 Å². The summed E-state index contributed by atoms with van der Waals surface area (Å²) in [6, 6.07) is 7.04. The summed E-state index contributed by atoms with van der Waals surface area (Å²) in [6.07, 6.45) is 0. The molecule has 2 rings (SSSR count). The van der Waals surface area contributed by atoms with Crippen LogP contribution in [0.5, 0.6) is 0 Å². The molecule has 0 saturated carbocycles. The molecule has 0 fully saturated rings. The first-order valence-electron chi connectivity index (χ1n) is 5.24. The van der Waals surface area contributed by atoms with E-state index in [-0.39, 0.29) is 10.7 Å². The third kappa shape index (κ3) is 2.71. The quantitative estimate of drug-likeness (QED) is 0.799. The van der Waals surface area contributed by atoms with Gasteiger partial charge in [0.2, 0.25) is 0 Å². The highest BCUT2D eigenvalue weighted by Crippen LogP contribution is 2.30. The van der Waals surface area contributed by atoms with Gasteiger partial charge in [-0.15, -0.1) is 0 Å². The third-order valence-electron chi connectivity index (χ3n) is 2.38. The standard InChI is InChI=1S/C13H11ClF2N2/c1-7-2-9(17)6-10(3-7)18-13-11(14)4-8(15)5-12(13)16/h2-6,18H,17H2,1H3. The van der Waals surface area contributed by atoms with Gasteiger partial charge in [0.05, 0.1) is 10.7 Å². The molecular formula is C13H11ClF2N2. The lowest BCUT2D eigenvalue weighted by Crippen LogP contribution is -1.97. The number of hydrogen-bond donors (Lipinski definition) is 2. The first kappa shape index (κ1) is 12.6. The van der Waals surface area contributed by atoms with E-state index in [0.717, 1.165) is 17.7 Å². The highest BCUT2D eigenvalue weighted by atomic mass is 35.5. The van der Waals surface area contributed by atoms with Crippen molar-refractivity contribution in [1.29, 1.82) is 0 Å². The average molecular weight is 269 g/mol. The van der Waals surface area contributed by atoms with Gasteiger partial charge in [-0.25, -0.2) is 8.78 Å². The number of hydrogen-bond acceptors (Lipinski definition) is 2. The first-order chi connectivity index (χ1) is 8.45. The van der Waals surface area contributed by atoms with Crippen LogP contribution in [0.15, 0.2) is 30.3 Å². The lowest BCUT2D eigenvalue weighted by atomic mass is 10.2. The maximum Gasteiger partial charge on any atom is 0.151 e. The second kappa shape index (κ2) is 4.82. The van der Waals surface area contributed by atoms with Gasteiger partial charge in [-0.1, -0.05) is 11.6 Å². The maximum absolute atomic E-state index is 13.6. The molecule has 3 N–H and O–H groups in total. The fraction of sp³-hybridized carbons (Fsp3) is 0.0769. The second-order valence-corrected chi connectivity index (χ2v) is 4.41. The van der Waals surface area contributed by atoms with Gasteiger partial charge in [0.1, 0.15) is 5.82 Å². The van der Waals surface area contributed by atoms with E-state index >= 15 is 0 Å². The molecule has 2 aromatic carbocycles. The Kier molecular flexibility index (Phi) is 3.39. The fourth-order valence-corrected chi connectivity index (χ4v) is 1.93. The largest absolute Gasteiger partial charge is 0.399 e. The molecule has 0 aromatic heterocycles. The topological polar surface area (TPSA) is 38.0 Å². The number of nitrogens with two attached hydrogens (primary N) is 1. The Labute approximate surface area is 108 Å². The molecule has 0 radical (unpaired) electrons. The van der Waals surface area contributed by atoms with Gasteiger partial charge >= 0.3 is 0 Å². The Morgan fingerprint density at radius 2 is 1.83 bits per heavy atom. The molecule has 0 amide bonds. The molecule has 2 nitrogen and oxygen atoms in total. The number of nitrogens with one attached hydrogen (secondary N) is 1. The molecule has 5 heteroatoms. The van der Waals surface area contributed by atoms with Crippen molar-refractivity contribution in [2.24, 2.45) is 0 Å². The van der Waals surface area contributed by atoms with Crippen LogP contribution in [0.4, 0.5) is 25.8 Å². The molecule has 0 atom stereocenters. The predicted molar refractivity (Wildman–Crippen MR) is 70.2 cm³/mol. The van der Waals surface area contributed by atoms with Crippen LogP contribution < -0.4 is 11.1 Å². The molecule has 18 heavy (non-hydrogen) atoms. The highest BCUT2D eigenvalue weighted by Gasteiger charge is 2.10.